The first-order valence-electron chi connectivity index (χ1n) is 11.0. The molecular weight excluding hydrogens is 455 g/mol. The first-order chi connectivity index (χ1) is 15.7. The molecule has 1 aromatic rings. The molecule has 4 amide bonds. The highest BCUT2D eigenvalue weighted by atomic mass is 32.2. The second-order valence-electron chi connectivity index (χ2n) is 8.49. The lowest BCUT2D eigenvalue weighted by atomic mass is 9.82. The lowest BCUT2D eigenvalue weighted by Crippen LogP contribution is -2.48. The Balaban J connectivity index is 1.39. The maximum Gasteiger partial charge on any atom is 0.325 e. The SMILES string of the molecule is O=C(CCN1C(=O)NC2(CCCCC2)C1=O)Nc1ccc(F)c(S(=O)(=O)N2CCOCC2)c1. The van der Waals surface area contributed by atoms with Gasteiger partial charge in [0.1, 0.15) is 16.3 Å². The molecular formula is C21H27FN4O6S. The maximum absolute atomic E-state index is 14.3. The van der Waals surface area contributed by atoms with Gasteiger partial charge in [-0.25, -0.2) is 17.6 Å². The average molecular weight is 483 g/mol. The second kappa shape index (κ2) is 9.35. The van der Waals surface area contributed by atoms with E-state index >= 15 is 0 Å². The van der Waals surface area contributed by atoms with Crippen LogP contribution in [0, 0.1) is 5.82 Å². The van der Waals surface area contributed by atoms with Crippen LogP contribution in [0.3, 0.4) is 0 Å². The number of nitrogens with zero attached hydrogens (tertiary/aromatic N) is 2. The smallest absolute Gasteiger partial charge is 0.325 e. The molecule has 180 valence electrons. The van der Waals surface area contributed by atoms with Crippen LogP contribution >= 0.6 is 0 Å². The summed E-state index contributed by atoms with van der Waals surface area (Å²) in [6.07, 6.45) is 3.76. The number of urea groups is 1. The summed E-state index contributed by atoms with van der Waals surface area (Å²) in [4.78, 5) is 38.1. The van der Waals surface area contributed by atoms with E-state index in [0.717, 1.165) is 40.6 Å². The number of hydrogen-bond donors (Lipinski definition) is 2. The van der Waals surface area contributed by atoms with Crippen LogP contribution in [-0.4, -0.2) is 73.9 Å². The average Bonchev–Trinajstić information content (AvgIpc) is 3.03. The van der Waals surface area contributed by atoms with Crippen molar-refractivity contribution in [2.75, 3.05) is 38.2 Å². The summed E-state index contributed by atoms with van der Waals surface area (Å²) in [5.74, 6) is -1.75. The van der Waals surface area contributed by atoms with Crippen molar-refractivity contribution >= 4 is 33.6 Å². The van der Waals surface area contributed by atoms with Gasteiger partial charge in [-0.1, -0.05) is 19.3 Å². The third-order valence-electron chi connectivity index (χ3n) is 6.32. The van der Waals surface area contributed by atoms with Gasteiger partial charge in [-0.15, -0.1) is 0 Å². The van der Waals surface area contributed by atoms with Gasteiger partial charge in [-0.3, -0.25) is 14.5 Å². The summed E-state index contributed by atoms with van der Waals surface area (Å²) >= 11 is 0. The third-order valence-corrected chi connectivity index (χ3v) is 8.23. The Morgan fingerprint density at radius 3 is 2.55 bits per heavy atom. The molecule has 2 heterocycles. The molecule has 1 spiro atoms. The highest BCUT2D eigenvalue weighted by Gasteiger charge is 2.51. The number of sulfonamides is 1. The normalized spacial score (nSPS) is 21.3. The van der Waals surface area contributed by atoms with Gasteiger partial charge in [0.15, 0.2) is 0 Å². The number of anilines is 1. The van der Waals surface area contributed by atoms with E-state index in [2.05, 4.69) is 10.6 Å². The Kier molecular flexibility index (Phi) is 6.68. The van der Waals surface area contributed by atoms with Crippen molar-refractivity contribution in [2.24, 2.45) is 0 Å². The number of rotatable bonds is 6. The number of hydrogen-bond acceptors (Lipinski definition) is 6. The van der Waals surface area contributed by atoms with Gasteiger partial charge in [0.2, 0.25) is 15.9 Å². The van der Waals surface area contributed by atoms with E-state index in [1.165, 1.54) is 6.07 Å². The lowest BCUT2D eigenvalue weighted by molar-refractivity contribution is -0.132. The van der Waals surface area contributed by atoms with E-state index in [0.29, 0.717) is 12.8 Å². The minimum absolute atomic E-state index is 0.0988. The first kappa shape index (κ1) is 23.6. The van der Waals surface area contributed by atoms with Crippen molar-refractivity contribution in [1.29, 1.82) is 0 Å². The Labute approximate surface area is 191 Å². The van der Waals surface area contributed by atoms with E-state index in [4.69, 9.17) is 4.74 Å². The number of ether oxygens (including phenoxy) is 1. The fraction of sp³-hybridized carbons (Fsp3) is 0.571. The molecule has 1 aromatic carbocycles. The number of carbonyl (C=O) groups is 3. The maximum atomic E-state index is 14.3. The number of benzene rings is 1. The second-order valence-corrected chi connectivity index (χ2v) is 10.4. The Bertz CT molecular complexity index is 1050. The van der Waals surface area contributed by atoms with Crippen molar-refractivity contribution in [3.05, 3.63) is 24.0 Å². The van der Waals surface area contributed by atoms with Gasteiger partial charge in [-0.2, -0.15) is 4.31 Å². The molecule has 1 aliphatic carbocycles. The van der Waals surface area contributed by atoms with Crippen LogP contribution in [0.25, 0.3) is 0 Å². The van der Waals surface area contributed by atoms with Crippen LogP contribution in [-0.2, 0) is 24.3 Å². The number of nitrogens with one attached hydrogen (secondary N) is 2. The quantitative estimate of drug-likeness (QED) is 0.591. The zero-order valence-corrected chi connectivity index (χ0v) is 19.0. The number of carbonyl (C=O) groups excluding carboxylic acids is 3. The van der Waals surface area contributed by atoms with E-state index in [9.17, 15) is 27.2 Å². The van der Waals surface area contributed by atoms with Gasteiger partial charge in [0.25, 0.3) is 5.91 Å². The topological polar surface area (TPSA) is 125 Å². The van der Waals surface area contributed by atoms with Crippen LogP contribution in [0.5, 0.6) is 0 Å². The molecule has 0 bridgehead atoms. The molecule has 33 heavy (non-hydrogen) atoms. The van der Waals surface area contributed by atoms with Crippen molar-refractivity contribution in [3.63, 3.8) is 0 Å². The molecule has 2 saturated heterocycles. The molecule has 1 saturated carbocycles. The highest BCUT2D eigenvalue weighted by Crippen LogP contribution is 2.33. The molecule has 12 heteroatoms. The van der Waals surface area contributed by atoms with Crippen LogP contribution in [0.1, 0.15) is 38.5 Å². The van der Waals surface area contributed by atoms with E-state index in [1.54, 1.807) is 0 Å². The zero-order chi connectivity index (χ0) is 23.6. The number of morpholine rings is 1. The molecule has 2 aliphatic heterocycles. The third kappa shape index (κ3) is 4.73. The van der Waals surface area contributed by atoms with Gasteiger partial charge >= 0.3 is 6.03 Å². The standard InChI is InChI=1S/C21H27FN4O6S/c22-16-5-4-15(14-17(16)33(30,31)25-10-12-32-13-11-25)23-18(27)6-9-26-19(28)21(24-20(26)29)7-2-1-3-8-21/h4-5,14H,1-3,6-13H2,(H,23,27)(H,24,29). The summed E-state index contributed by atoms with van der Waals surface area (Å²) in [6, 6.07) is 2.81. The summed E-state index contributed by atoms with van der Waals surface area (Å²) in [7, 11) is -4.09. The number of imide groups is 1. The molecule has 3 aliphatic rings. The Morgan fingerprint density at radius 2 is 1.85 bits per heavy atom. The largest absolute Gasteiger partial charge is 0.379 e. The van der Waals surface area contributed by atoms with Crippen LogP contribution in [0.4, 0.5) is 14.9 Å². The predicted molar refractivity (Wildman–Crippen MR) is 115 cm³/mol. The van der Waals surface area contributed by atoms with Crippen molar-refractivity contribution in [3.8, 4) is 0 Å². The first-order valence-corrected chi connectivity index (χ1v) is 12.5. The monoisotopic (exact) mass is 482 g/mol. The minimum Gasteiger partial charge on any atom is -0.379 e. The van der Waals surface area contributed by atoms with E-state index in [-0.39, 0.29) is 50.9 Å². The van der Waals surface area contributed by atoms with Crippen LogP contribution < -0.4 is 10.6 Å². The molecule has 3 fully saturated rings. The number of halogens is 1. The van der Waals surface area contributed by atoms with Crippen LogP contribution in [0.2, 0.25) is 0 Å². The summed E-state index contributed by atoms with van der Waals surface area (Å²) in [5, 5.41) is 5.31. The fourth-order valence-corrected chi connectivity index (χ4v) is 6.01. The summed E-state index contributed by atoms with van der Waals surface area (Å²) in [6.45, 7) is 0.582. The van der Waals surface area contributed by atoms with E-state index < -0.39 is 38.2 Å². The molecule has 0 atom stereocenters. The molecule has 4 rings (SSSR count). The van der Waals surface area contributed by atoms with Gasteiger partial charge < -0.3 is 15.4 Å². The molecule has 10 nitrogen and oxygen atoms in total. The highest BCUT2D eigenvalue weighted by molar-refractivity contribution is 7.89. The van der Waals surface area contributed by atoms with Gasteiger partial charge in [0, 0.05) is 31.7 Å². The van der Waals surface area contributed by atoms with Gasteiger partial charge in [-0.05, 0) is 31.0 Å². The summed E-state index contributed by atoms with van der Waals surface area (Å²) in [5.41, 5.74) is -0.750. The summed E-state index contributed by atoms with van der Waals surface area (Å²) < 4.78 is 46.2. The molecule has 0 aromatic heterocycles. The van der Waals surface area contributed by atoms with Gasteiger partial charge in [0.05, 0.1) is 13.2 Å². The predicted octanol–water partition coefficient (Wildman–Crippen LogP) is 1.43. The molecule has 2 N–H and O–H groups in total. The van der Waals surface area contributed by atoms with Crippen molar-refractivity contribution < 1.29 is 31.9 Å². The Morgan fingerprint density at radius 1 is 1.15 bits per heavy atom. The Hall–Kier alpha value is -2.57. The van der Waals surface area contributed by atoms with Crippen molar-refractivity contribution in [2.45, 2.75) is 49.0 Å². The molecule has 0 radical (unpaired) electrons. The van der Waals surface area contributed by atoms with Crippen LogP contribution in [0.15, 0.2) is 23.1 Å². The van der Waals surface area contributed by atoms with E-state index in [1.807, 2.05) is 0 Å². The zero-order valence-electron chi connectivity index (χ0n) is 18.1. The minimum atomic E-state index is -4.09. The van der Waals surface area contributed by atoms with Crippen molar-refractivity contribution in [1.82, 2.24) is 14.5 Å². The number of amides is 4. The lowest BCUT2D eigenvalue weighted by Gasteiger charge is -2.30. The fourth-order valence-electron chi connectivity index (χ4n) is 4.52. The molecule has 0 unspecified atom stereocenters.